The van der Waals surface area contributed by atoms with Crippen molar-refractivity contribution in [1.82, 2.24) is 4.90 Å². The molecule has 0 aliphatic heterocycles. The Labute approximate surface area is 122 Å². The van der Waals surface area contributed by atoms with Crippen LogP contribution in [0.2, 0.25) is 0 Å². The largest absolute Gasteiger partial charge is 0.384 e. The minimum atomic E-state index is -0.297. The zero-order valence-electron chi connectivity index (χ0n) is 11.3. The highest BCUT2D eigenvalue weighted by molar-refractivity contribution is 7.09. The van der Waals surface area contributed by atoms with Gasteiger partial charge in [-0.3, -0.25) is 4.90 Å². The van der Waals surface area contributed by atoms with E-state index in [4.69, 9.17) is 5.11 Å². The van der Waals surface area contributed by atoms with Crippen LogP contribution in [-0.2, 0) is 13.1 Å². The molecule has 0 radical (unpaired) electrons. The maximum absolute atomic E-state index is 13.5. The van der Waals surface area contributed by atoms with Crippen LogP contribution in [0.4, 0.5) is 4.39 Å². The molecule has 4 heteroatoms. The summed E-state index contributed by atoms with van der Waals surface area (Å²) in [6.45, 7) is 1.28. The van der Waals surface area contributed by atoms with Gasteiger partial charge in [0.25, 0.3) is 0 Å². The molecule has 0 atom stereocenters. The first-order chi connectivity index (χ1) is 9.67. The molecule has 20 heavy (non-hydrogen) atoms. The number of thiophene rings is 1. The number of rotatable bonds is 4. The Morgan fingerprint density at radius 3 is 2.85 bits per heavy atom. The molecule has 2 aromatic rings. The Kier molecular flexibility index (Phi) is 5.31. The lowest BCUT2D eigenvalue weighted by atomic mass is 10.1. The summed E-state index contributed by atoms with van der Waals surface area (Å²) < 4.78 is 13.5. The predicted molar refractivity (Wildman–Crippen MR) is 79.9 cm³/mol. The molecule has 0 aliphatic carbocycles. The van der Waals surface area contributed by atoms with E-state index in [0.717, 1.165) is 12.1 Å². The molecule has 0 unspecified atom stereocenters. The minimum absolute atomic E-state index is 0.218. The van der Waals surface area contributed by atoms with Crippen molar-refractivity contribution in [2.75, 3.05) is 13.7 Å². The number of hydrogen-bond donors (Lipinski definition) is 1. The van der Waals surface area contributed by atoms with Crippen LogP contribution >= 0.6 is 11.3 Å². The highest BCUT2D eigenvalue weighted by Gasteiger charge is 2.05. The Morgan fingerprint density at radius 1 is 1.30 bits per heavy atom. The van der Waals surface area contributed by atoms with E-state index in [1.165, 1.54) is 17.0 Å². The topological polar surface area (TPSA) is 23.5 Å². The number of benzene rings is 1. The van der Waals surface area contributed by atoms with Crippen LogP contribution in [0, 0.1) is 17.7 Å². The van der Waals surface area contributed by atoms with Gasteiger partial charge in [0.2, 0.25) is 0 Å². The summed E-state index contributed by atoms with van der Waals surface area (Å²) in [6.07, 6.45) is 0. The lowest BCUT2D eigenvalue weighted by Gasteiger charge is -2.16. The van der Waals surface area contributed by atoms with Crippen molar-refractivity contribution in [3.8, 4) is 11.8 Å². The third-order valence-corrected chi connectivity index (χ3v) is 3.59. The highest BCUT2D eigenvalue weighted by atomic mass is 32.1. The first-order valence-electron chi connectivity index (χ1n) is 6.27. The van der Waals surface area contributed by atoms with E-state index in [1.54, 1.807) is 11.3 Å². The molecule has 1 heterocycles. The molecule has 2 rings (SSSR count). The van der Waals surface area contributed by atoms with E-state index in [9.17, 15) is 4.39 Å². The molecular weight excluding hydrogens is 273 g/mol. The minimum Gasteiger partial charge on any atom is -0.384 e. The van der Waals surface area contributed by atoms with Crippen LogP contribution < -0.4 is 0 Å². The standard InChI is InChI=1S/C16H16FNOS/c1-18(12-16-5-3-7-20-16)11-14-8-13(4-2-6-19)9-15(17)10-14/h3,5,7-10,19H,6,11-12H2,1H3. The molecule has 0 saturated carbocycles. The summed E-state index contributed by atoms with van der Waals surface area (Å²) in [5.74, 6) is 4.98. The number of hydrogen-bond acceptors (Lipinski definition) is 3. The summed E-state index contributed by atoms with van der Waals surface area (Å²) in [6, 6.07) is 8.88. The lowest BCUT2D eigenvalue weighted by molar-refractivity contribution is 0.321. The van der Waals surface area contributed by atoms with Gasteiger partial charge in [-0.25, -0.2) is 4.39 Å². The predicted octanol–water partition coefficient (Wildman–Crippen LogP) is 2.86. The van der Waals surface area contributed by atoms with Crippen molar-refractivity contribution in [3.63, 3.8) is 0 Å². The number of aliphatic hydroxyl groups excluding tert-OH is 1. The van der Waals surface area contributed by atoms with Crippen molar-refractivity contribution in [2.45, 2.75) is 13.1 Å². The molecule has 0 amide bonds. The molecule has 0 spiro atoms. The first kappa shape index (κ1) is 14.7. The third kappa shape index (κ3) is 4.46. The van der Waals surface area contributed by atoms with Crippen LogP contribution in [-0.4, -0.2) is 23.7 Å². The van der Waals surface area contributed by atoms with Gasteiger partial charge in [0, 0.05) is 23.5 Å². The van der Waals surface area contributed by atoms with Gasteiger partial charge in [0.05, 0.1) is 0 Å². The Balaban J connectivity index is 2.06. The fourth-order valence-corrected chi connectivity index (χ4v) is 2.78. The quantitative estimate of drug-likeness (QED) is 0.875. The Hall–Kier alpha value is -1.67. The average Bonchev–Trinajstić information content (AvgIpc) is 2.88. The molecule has 1 aromatic heterocycles. The number of halogens is 1. The molecule has 0 fully saturated rings. The normalized spacial score (nSPS) is 10.4. The third-order valence-electron chi connectivity index (χ3n) is 2.73. The van der Waals surface area contributed by atoms with E-state index in [-0.39, 0.29) is 12.4 Å². The van der Waals surface area contributed by atoms with Crippen LogP contribution in [0.3, 0.4) is 0 Å². The van der Waals surface area contributed by atoms with E-state index >= 15 is 0 Å². The summed E-state index contributed by atoms with van der Waals surface area (Å²) >= 11 is 1.71. The fraction of sp³-hybridized carbons (Fsp3) is 0.250. The number of nitrogens with zero attached hydrogens (tertiary/aromatic N) is 1. The molecule has 1 aromatic carbocycles. The van der Waals surface area contributed by atoms with Gasteiger partial charge in [0.1, 0.15) is 12.4 Å². The Morgan fingerprint density at radius 2 is 2.15 bits per heavy atom. The smallest absolute Gasteiger partial charge is 0.124 e. The van der Waals surface area contributed by atoms with Crippen molar-refractivity contribution in [3.05, 3.63) is 57.5 Å². The zero-order chi connectivity index (χ0) is 14.4. The summed E-state index contributed by atoms with van der Waals surface area (Å²) in [5, 5.41) is 10.7. The van der Waals surface area contributed by atoms with Gasteiger partial charge >= 0.3 is 0 Å². The average molecular weight is 289 g/mol. The molecule has 2 nitrogen and oxygen atoms in total. The molecule has 1 N–H and O–H groups in total. The SMILES string of the molecule is CN(Cc1cc(F)cc(C#CCO)c1)Cc1cccs1. The van der Waals surface area contributed by atoms with E-state index in [1.807, 2.05) is 24.6 Å². The van der Waals surface area contributed by atoms with Crippen molar-refractivity contribution in [1.29, 1.82) is 0 Å². The molecule has 0 saturated heterocycles. The highest BCUT2D eigenvalue weighted by Crippen LogP contribution is 2.14. The molecule has 104 valence electrons. The second kappa shape index (κ2) is 7.20. The van der Waals surface area contributed by atoms with Crippen LogP contribution in [0.5, 0.6) is 0 Å². The lowest BCUT2D eigenvalue weighted by Crippen LogP contribution is -2.16. The monoisotopic (exact) mass is 289 g/mol. The maximum Gasteiger partial charge on any atom is 0.124 e. The van der Waals surface area contributed by atoms with Gasteiger partial charge in [-0.05, 0) is 42.3 Å². The molecule has 0 aliphatic rings. The Bertz CT molecular complexity index is 613. The molecular formula is C16H16FNOS. The van der Waals surface area contributed by atoms with Crippen molar-refractivity contribution in [2.24, 2.45) is 0 Å². The van der Waals surface area contributed by atoms with Gasteiger partial charge < -0.3 is 5.11 Å². The van der Waals surface area contributed by atoms with Crippen LogP contribution in [0.15, 0.2) is 35.7 Å². The van der Waals surface area contributed by atoms with Crippen molar-refractivity contribution >= 4 is 11.3 Å². The van der Waals surface area contributed by atoms with Gasteiger partial charge in [-0.1, -0.05) is 17.9 Å². The van der Waals surface area contributed by atoms with E-state index in [0.29, 0.717) is 12.1 Å². The van der Waals surface area contributed by atoms with Crippen molar-refractivity contribution < 1.29 is 9.50 Å². The fourth-order valence-electron chi connectivity index (χ4n) is 1.99. The molecule has 0 bridgehead atoms. The van der Waals surface area contributed by atoms with E-state index in [2.05, 4.69) is 22.8 Å². The first-order valence-corrected chi connectivity index (χ1v) is 7.15. The second-order valence-corrected chi connectivity index (χ2v) is 5.59. The van der Waals surface area contributed by atoms with Gasteiger partial charge in [-0.2, -0.15) is 0 Å². The number of aliphatic hydroxyl groups is 1. The van der Waals surface area contributed by atoms with E-state index < -0.39 is 0 Å². The van der Waals surface area contributed by atoms with Gasteiger partial charge in [-0.15, -0.1) is 11.3 Å². The maximum atomic E-state index is 13.5. The second-order valence-electron chi connectivity index (χ2n) is 4.56. The summed E-state index contributed by atoms with van der Waals surface area (Å²) in [7, 11) is 2.00. The summed E-state index contributed by atoms with van der Waals surface area (Å²) in [5.41, 5.74) is 1.48. The van der Waals surface area contributed by atoms with Gasteiger partial charge in [0.15, 0.2) is 0 Å². The zero-order valence-corrected chi connectivity index (χ0v) is 12.1. The van der Waals surface area contributed by atoms with Crippen LogP contribution in [0.1, 0.15) is 16.0 Å². The van der Waals surface area contributed by atoms with Crippen LogP contribution in [0.25, 0.3) is 0 Å². The summed E-state index contributed by atoms with van der Waals surface area (Å²) in [4.78, 5) is 3.41.